The van der Waals surface area contributed by atoms with Gasteiger partial charge in [-0.3, -0.25) is 9.89 Å². The third-order valence-corrected chi connectivity index (χ3v) is 5.39. The highest BCUT2D eigenvalue weighted by molar-refractivity contribution is 5.83. The predicted octanol–water partition coefficient (Wildman–Crippen LogP) is 3.45. The fourth-order valence-corrected chi connectivity index (χ4v) is 3.72. The number of nitrogens with one attached hydrogen (secondary N) is 1. The highest BCUT2D eigenvalue weighted by atomic mass is 19.3. The number of methoxy groups -OCH3 is 1. The Bertz CT molecular complexity index is 813. The Kier molecular flexibility index (Phi) is 4.17. The molecule has 1 aromatic carbocycles. The Morgan fingerprint density at radius 2 is 2.08 bits per heavy atom. The van der Waals surface area contributed by atoms with Crippen molar-refractivity contribution < 1.29 is 18.3 Å². The minimum absolute atomic E-state index is 0.225. The lowest BCUT2D eigenvalue weighted by molar-refractivity contribution is -0.135. The smallest absolute Gasteiger partial charge is 0.260 e. The van der Waals surface area contributed by atoms with Gasteiger partial charge in [0.15, 0.2) is 0 Å². The molecule has 1 aliphatic carbocycles. The van der Waals surface area contributed by atoms with Crippen LogP contribution in [0.5, 0.6) is 5.75 Å². The highest BCUT2D eigenvalue weighted by Gasteiger charge is 2.62. The fourth-order valence-electron chi connectivity index (χ4n) is 3.72. The molecular weight excluding hydrogens is 340 g/mol. The average molecular weight is 361 g/mol. The van der Waals surface area contributed by atoms with Crippen LogP contribution < -0.4 is 4.74 Å². The Labute approximate surface area is 150 Å². The van der Waals surface area contributed by atoms with E-state index >= 15 is 0 Å². The second kappa shape index (κ2) is 6.37. The first-order valence-electron chi connectivity index (χ1n) is 8.84. The average Bonchev–Trinajstić information content (AvgIpc) is 3.08. The van der Waals surface area contributed by atoms with Gasteiger partial charge < -0.3 is 9.64 Å². The molecule has 1 aromatic heterocycles. The number of aromatic nitrogens is 2. The number of ether oxygens (including phenoxy) is 1. The normalized spacial score (nSPS) is 22.3. The summed E-state index contributed by atoms with van der Waals surface area (Å²) in [5, 5.41) is 7.28. The van der Waals surface area contributed by atoms with E-state index in [9.17, 15) is 13.6 Å². The van der Waals surface area contributed by atoms with Crippen molar-refractivity contribution in [1.29, 1.82) is 0 Å². The maximum absolute atomic E-state index is 13.1. The minimum Gasteiger partial charge on any atom is -0.497 e. The molecule has 0 spiro atoms. The van der Waals surface area contributed by atoms with Crippen LogP contribution in [0.25, 0.3) is 11.1 Å². The molecule has 1 saturated heterocycles. The molecule has 0 bridgehead atoms. The number of benzene rings is 1. The number of hydrogen-bond donors (Lipinski definition) is 1. The summed E-state index contributed by atoms with van der Waals surface area (Å²) in [7, 11) is 1.63. The number of carbonyl (C=O) groups is 1. The second-order valence-electron chi connectivity index (χ2n) is 7.05. The molecule has 1 amide bonds. The molecule has 2 aromatic rings. The summed E-state index contributed by atoms with van der Waals surface area (Å²) in [5.74, 6) is -3.29. The molecule has 2 aliphatic rings. The number of nitrogens with zero attached hydrogens (tertiary/aromatic N) is 2. The van der Waals surface area contributed by atoms with Gasteiger partial charge in [-0.25, -0.2) is 8.78 Å². The highest BCUT2D eigenvalue weighted by Crippen LogP contribution is 2.50. The number of H-pyrrole nitrogens is 1. The monoisotopic (exact) mass is 361 g/mol. The third kappa shape index (κ3) is 3.06. The first-order chi connectivity index (χ1) is 12.5. The molecule has 2 heterocycles. The van der Waals surface area contributed by atoms with E-state index in [4.69, 9.17) is 4.74 Å². The summed E-state index contributed by atoms with van der Waals surface area (Å²) in [6.07, 6.45) is 2.98. The Balaban J connectivity index is 1.46. The van der Waals surface area contributed by atoms with Gasteiger partial charge >= 0.3 is 0 Å². The van der Waals surface area contributed by atoms with Crippen molar-refractivity contribution in [1.82, 2.24) is 15.1 Å². The number of alkyl halides is 2. The van der Waals surface area contributed by atoms with Crippen LogP contribution in [0, 0.1) is 5.92 Å². The summed E-state index contributed by atoms with van der Waals surface area (Å²) in [5.41, 5.74) is 3.06. The van der Waals surface area contributed by atoms with Crippen LogP contribution in [0.1, 0.15) is 30.9 Å². The molecule has 1 atom stereocenters. The quantitative estimate of drug-likeness (QED) is 0.907. The number of aromatic amines is 1. The zero-order valence-electron chi connectivity index (χ0n) is 14.5. The number of carbonyl (C=O) groups excluding carboxylic acids is 1. The van der Waals surface area contributed by atoms with Gasteiger partial charge in [0.25, 0.3) is 5.92 Å². The van der Waals surface area contributed by atoms with E-state index in [0.29, 0.717) is 13.1 Å². The van der Waals surface area contributed by atoms with Crippen LogP contribution in [-0.2, 0) is 4.79 Å². The molecule has 26 heavy (non-hydrogen) atoms. The lowest BCUT2D eigenvalue weighted by Gasteiger charge is -2.32. The molecule has 1 aliphatic heterocycles. The van der Waals surface area contributed by atoms with Crippen molar-refractivity contribution in [3.05, 3.63) is 36.2 Å². The number of likely N-dealkylation sites (tertiary alicyclic amines) is 1. The van der Waals surface area contributed by atoms with Crippen LogP contribution in [0.2, 0.25) is 0 Å². The molecule has 138 valence electrons. The standard InChI is InChI=1S/C19H21F2N3O2/c1-26-14-4-2-3-13(9-14)15-11-22-23-17(15)12-5-7-24(8-6-12)18(25)16-10-19(16,20)21/h2-4,9,11-12,16H,5-8,10H2,1H3,(H,22,23)/t16-/m0/s1. The molecular formula is C19H21F2N3O2. The van der Waals surface area contributed by atoms with Gasteiger partial charge in [0.1, 0.15) is 11.7 Å². The molecule has 2 fully saturated rings. The summed E-state index contributed by atoms with van der Waals surface area (Å²) in [6, 6.07) is 7.79. The molecule has 0 unspecified atom stereocenters. The predicted molar refractivity (Wildman–Crippen MR) is 92.2 cm³/mol. The zero-order chi connectivity index (χ0) is 18.3. The van der Waals surface area contributed by atoms with E-state index in [-0.39, 0.29) is 12.3 Å². The molecule has 5 nitrogen and oxygen atoms in total. The topological polar surface area (TPSA) is 58.2 Å². The van der Waals surface area contributed by atoms with Crippen molar-refractivity contribution in [3.8, 4) is 16.9 Å². The Morgan fingerprint density at radius 3 is 2.73 bits per heavy atom. The van der Waals surface area contributed by atoms with Gasteiger partial charge in [-0.05, 0) is 30.5 Å². The number of hydrogen-bond acceptors (Lipinski definition) is 3. The van der Waals surface area contributed by atoms with Crippen LogP contribution in [0.15, 0.2) is 30.5 Å². The van der Waals surface area contributed by atoms with Crippen molar-refractivity contribution in [2.45, 2.75) is 31.1 Å². The lowest BCUT2D eigenvalue weighted by Crippen LogP contribution is -2.39. The van der Waals surface area contributed by atoms with E-state index in [1.807, 2.05) is 24.3 Å². The van der Waals surface area contributed by atoms with Gasteiger partial charge in [-0.2, -0.15) is 5.10 Å². The van der Waals surface area contributed by atoms with E-state index in [1.165, 1.54) is 0 Å². The SMILES string of the molecule is COc1cccc(-c2cn[nH]c2C2CCN(C(=O)[C@@H]3CC3(F)F)CC2)c1. The van der Waals surface area contributed by atoms with E-state index in [1.54, 1.807) is 18.2 Å². The second-order valence-corrected chi connectivity index (χ2v) is 7.05. The zero-order valence-corrected chi connectivity index (χ0v) is 14.5. The van der Waals surface area contributed by atoms with Crippen molar-refractivity contribution >= 4 is 5.91 Å². The first-order valence-corrected chi connectivity index (χ1v) is 8.84. The first kappa shape index (κ1) is 17.0. The Morgan fingerprint density at radius 1 is 1.35 bits per heavy atom. The molecule has 4 rings (SSSR count). The van der Waals surface area contributed by atoms with E-state index < -0.39 is 17.7 Å². The van der Waals surface area contributed by atoms with Crippen molar-refractivity contribution in [3.63, 3.8) is 0 Å². The third-order valence-electron chi connectivity index (χ3n) is 5.39. The molecule has 1 saturated carbocycles. The van der Waals surface area contributed by atoms with E-state index in [0.717, 1.165) is 35.4 Å². The maximum atomic E-state index is 13.1. The largest absolute Gasteiger partial charge is 0.497 e. The molecule has 7 heteroatoms. The fraction of sp³-hybridized carbons (Fsp3) is 0.474. The Hall–Kier alpha value is -2.44. The number of piperidine rings is 1. The number of halogens is 2. The van der Waals surface area contributed by atoms with Crippen LogP contribution in [-0.4, -0.2) is 47.1 Å². The maximum Gasteiger partial charge on any atom is 0.260 e. The van der Waals surface area contributed by atoms with Gasteiger partial charge in [0.05, 0.1) is 13.3 Å². The molecule has 0 radical (unpaired) electrons. The minimum atomic E-state index is -2.79. The number of amides is 1. The summed E-state index contributed by atoms with van der Waals surface area (Å²) in [6.45, 7) is 1.01. The number of rotatable bonds is 4. The lowest BCUT2D eigenvalue weighted by atomic mass is 9.89. The van der Waals surface area contributed by atoms with Gasteiger partial charge in [0, 0.05) is 36.7 Å². The van der Waals surface area contributed by atoms with Crippen LogP contribution in [0.4, 0.5) is 8.78 Å². The van der Waals surface area contributed by atoms with Crippen molar-refractivity contribution in [2.24, 2.45) is 5.92 Å². The van der Waals surface area contributed by atoms with Crippen LogP contribution >= 0.6 is 0 Å². The van der Waals surface area contributed by atoms with E-state index in [2.05, 4.69) is 10.2 Å². The summed E-state index contributed by atoms with van der Waals surface area (Å²) >= 11 is 0. The summed E-state index contributed by atoms with van der Waals surface area (Å²) < 4.78 is 31.6. The summed E-state index contributed by atoms with van der Waals surface area (Å²) in [4.78, 5) is 13.7. The van der Waals surface area contributed by atoms with Gasteiger partial charge in [0.2, 0.25) is 5.91 Å². The van der Waals surface area contributed by atoms with Crippen molar-refractivity contribution in [2.75, 3.05) is 20.2 Å². The van der Waals surface area contributed by atoms with Gasteiger partial charge in [-0.1, -0.05) is 12.1 Å². The van der Waals surface area contributed by atoms with Crippen LogP contribution in [0.3, 0.4) is 0 Å². The van der Waals surface area contributed by atoms with Gasteiger partial charge in [-0.15, -0.1) is 0 Å². The molecule has 1 N–H and O–H groups in total.